The first kappa shape index (κ1) is 23.4. The average Bonchev–Trinajstić information content (AvgIpc) is 2.86. The highest BCUT2D eigenvalue weighted by Crippen LogP contribution is 2.21. The largest absolute Gasteiger partial charge is 0.494 e. The number of rotatable bonds is 9. The Bertz CT molecular complexity index is 1400. The molecule has 0 aliphatic carbocycles. The minimum absolute atomic E-state index is 0.0302. The van der Waals surface area contributed by atoms with Crippen molar-refractivity contribution in [2.75, 3.05) is 13.2 Å². The molecule has 0 aliphatic heterocycles. The van der Waals surface area contributed by atoms with Gasteiger partial charge in [-0.2, -0.15) is 5.10 Å². The number of sulfonamides is 1. The third-order valence-electron chi connectivity index (χ3n) is 5.22. The van der Waals surface area contributed by atoms with E-state index >= 15 is 0 Å². The molecule has 1 heterocycles. The summed E-state index contributed by atoms with van der Waals surface area (Å²) < 4.78 is 34.6. The van der Waals surface area contributed by atoms with Crippen LogP contribution in [0.1, 0.15) is 6.92 Å². The van der Waals surface area contributed by atoms with E-state index in [4.69, 9.17) is 4.74 Å². The summed E-state index contributed by atoms with van der Waals surface area (Å²) in [5, 5.41) is 4.38. The molecule has 8 heteroatoms. The molecule has 0 radical (unpaired) electrons. The van der Waals surface area contributed by atoms with E-state index in [1.54, 1.807) is 30.3 Å². The number of ether oxygens (including phenoxy) is 1. The summed E-state index contributed by atoms with van der Waals surface area (Å²) in [6, 6.07) is 26.9. The van der Waals surface area contributed by atoms with Crippen LogP contribution in [0.15, 0.2) is 101 Å². The van der Waals surface area contributed by atoms with E-state index in [-0.39, 0.29) is 23.5 Å². The summed E-state index contributed by atoms with van der Waals surface area (Å²) in [4.78, 5) is 12.4. The number of nitrogens with one attached hydrogen (secondary N) is 1. The molecule has 34 heavy (non-hydrogen) atoms. The van der Waals surface area contributed by atoms with Crippen LogP contribution in [0, 0.1) is 0 Å². The Hall–Kier alpha value is -3.75. The highest BCUT2D eigenvalue weighted by Gasteiger charge is 2.14. The Morgan fingerprint density at radius 1 is 0.824 bits per heavy atom. The van der Waals surface area contributed by atoms with Gasteiger partial charge in [0, 0.05) is 18.2 Å². The number of hydrogen-bond donors (Lipinski definition) is 1. The maximum Gasteiger partial charge on any atom is 0.266 e. The predicted octanol–water partition coefficient (Wildman–Crippen LogP) is 3.95. The summed E-state index contributed by atoms with van der Waals surface area (Å²) in [6.07, 6.45) is 0. The molecular formula is C26H25N3O4S. The second-order valence-corrected chi connectivity index (χ2v) is 9.29. The Morgan fingerprint density at radius 2 is 1.47 bits per heavy atom. The molecular weight excluding hydrogens is 450 g/mol. The molecule has 0 fully saturated rings. The summed E-state index contributed by atoms with van der Waals surface area (Å²) in [5.74, 6) is 0.755. The van der Waals surface area contributed by atoms with Crippen LogP contribution >= 0.6 is 0 Å². The predicted molar refractivity (Wildman–Crippen MR) is 132 cm³/mol. The van der Waals surface area contributed by atoms with Gasteiger partial charge in [0.1, 0.15) is 5.75 Å². The number of benzene rings is 3. The van der Waals surface area contributed by atoms with Crippen molar-refractivity contribution < 1.29 is 13.2 Å². The van der Waals surface area contributed by atoms with Gasteiger partial charge in [0.2, 0.25) is 10.0 Å². The van der Waals surface area contributed by atoms with E-state index in [0.29, 0.717) is 12.3 Å². The van der Waals surface area contributed by atoms with Gasteiger partial charge in [-0.1, -0.05) is 42.5 Å². The molecule has 0 unspecified atom stereocenters. The van der Waals surface area contributed by atoms with Gasteiger partial charge in [0.15, 0.2) is 0 Å². The van der Waals surface area contributed by atoms with Crippen LogP contribution in [0.4, 0.5) is 0 Å². The molecule has 4 aromatic rings. The SMILES string of the molecule is CCOc1ccc(-c2ccc(=O)n(CCNS(=O)(=O)c3ccc(-c4ccccc4)cc3)n2)cc1. The van der Waals surface area contributed by atoms with Crippen LogP contribution in [0.5, 0.6) is 5.75 Å². The first-order valence-electron chi connectivity index (χ1n) is 10.9. The first-order chi connectivity index (χ1) is 16.5. The van der Waals surface area contributed by atoms with Crippen molar-refractivity contribution in [1.29, 1.82) is 0 Å². The van der Waals surface area contributed by atoms with Gasteiger partial charge in [0.05, 0.1) is 23.7 Å². The lowest BCUT2D eigenvalue weighted by Crippen LogP contribution is -2.32. The number of aromatic nitrogens is 2. The second-order valence-electron chi connectivity index (χ2n) is 7.53. The third kappa shape index (κ3) is 5.59. The fourth-order valence-electron chi connectivity index (χ4n) is 3.48. The topological polar surface area (TPSA) is 90.3 Å². The van der Waals surface area contributed by atoms with Gasteiger partial charge in [-0.15, -0.1) is 0 Å². The molecule has 0 bridgehead atoms. The summed E-state index contributed by atoms with van der Waals surface area (Å²) in [7, 11) is -3.72. The van der Waals surface area contributed by atoms with Crippen LogP contribution in [0.2, 0.25) is 0 Å². The number of hydrogen-bond acceptors (Lipinski definition) is 5. The number of nitrogens with zero attached hydrogens (tertiary/aromatic N) is 2. The normalized spacial score (nSPS) is 11.3. The lowest BCUT2D eigenvalue weighted by atomic mass is 10.1. The fourth-order valence-corrected chi connectivity index (χ4v) is 4.50. The second kappa shape index (κ2) is 10.5. The zero-order valence-electron chi connectivity index (χ0n) is 18.7. The Labute approximate surface area is 198 Å². The Balaban J connectivity index is 1.42. The van der Waals surface area contributed by atoms with E-state index in [1.165, 1.54) is 10.7 Å². The zero-order chi connectivity index (χ0) is 24.0. The van der Waals surface area contributed by atoms with Gasteiger partial charge in [0.25, 0.3) is 5.56 Å². The molecule has 0 amide bonds. The van der Waals surface area contributed by atoms with Crippen LogP contribution in [-0.2, 0) is 16.6 Å². The van der Waals surface area contributed by atoms with E-state index < -0.39 is 10.0 Å². The summed E-state index contributed by atoms with van der Waals surface area (Å²) in [5.41, 5.74) is 3.08. The lowest BCUT2D eigenvalue weighted by Gasteiger charge is -2.10. The minimum Gasteiger partial charge on any atom is -0.494 e. The van der Waals surface area contributed by atoms with Gasteiger partial charge in [-0.3, -0.25) is 4.79 Å². The molecule has 174 valence electrons. The van der Waals surface area contributed by atoms with Crippen molar-refractivity contribution in [3.63, 3.8) is 0 Å². The molecule has 0 saturated carbocycles. The highest BCUT2D eigenvalue weighted by atomic mass is 32.2. The Morgan fingerprint density at radius 3 is 2.15 bits per heavy atom. The van der Waals surface area contributed by atoms with Crippen LogP contribution < -0.4 is 15.0 Å². The summed E-state index contributed by atoms with van der Waals surface area (Å²) in [6.45, 7) is 2.63. The Kier molecular flexibility index (Phi) is 7.20. The average molecular weight is 476 g/mol. The molecule has 1 aromatic heterocycles. The smallest absolute Gasteiger partial charge is 0.266 e. The van der Waals surface area contributed by atoms with Gasteiger partial charge in [-0.25, -0.2) is 17.8 Å². The maximum atomic E-state index is 12.7. The van der Waals surface area contributed by atoms with Crippen molar-refractivity contribution in [2.24, 2.45) is 0 Å². The maximum absolute atomic E-state index is 12.7. The quantitative estimate of drug-likeness (QED) is 0.396. The van der Waals surface area contributed by atoms with E-state index in [0.717, 1.165) is 22.4 Å². The minimum atomic E-state index is -3.72. The van der Waals surface area contributed by atoms with Crippen molar-refractivity contribution in [3.8, 4) is 28.1 Å². The third-order valence-corrected chi connectivity index (χ3v) is 6.69. The fraction of sp³-hybridized carbons (Fsp3) is 0.154. The summed E-state index contributed by atoms with van der Waals surface area (Å²) >= 11 is 0. The van der Waals surface area contributed by atoms with E-state index in [9.17, 15) is 13.2 Å². The van der Waals surface area contributed by atoms with Crippen molar-refractivity contribution >= 4 is 10.0 Å². The highest BCUT2D eigenvalue weighted by molar-refractivity contribution is 7.89. The van der Waals surface area contributed by atoms with Gasteiger partial charge >= 0.3 is 0 Å². The zero-order valence-corrected chi connectivity index (χ0v) is 19.5. The molecule has 1 N–H and O–H groups in total. The molecule has 0 spiro atoms. The van der Waals surface area contributed by atoms with Crippen molar-refractivity contribution in [2.45, 2.75) is 18.4 Å². The van der Waals surface area contributed by atoms with Crippen LogP contribution in [0.25, 0.3) is 22.4 Å². The van der Waals surface area contributed by atoms with Gasteiger partial charge < -0.3 is 4.74 Å². The van der Waals surface area contributed by atoms with Crippen molar-refractivity contribution in [1.82, 2.24) is 14.5 Å². The first-order valence-corrected chi connectivity index (χ1v) is 12.4. The molecule has 0 saturated heterocycles. The van der Waals surface area contributed by atoms with E-state index in [1.807, 2.05) is 61.5 Å². The molecule has 3 aromatic carbocycles. The van der Waals surface area contributed by atoms with E-state index in [2.05, 4.69) is 9.82 Å². The molecule has 0 atom stereocenters. The van der Waals surface area contributed by atoms with Crippen LogP contribution in [-0.4, -0.2) is 31.3 Å². The van der Waals surface area contributed by atoms with Gasteiger partial charge in [-0.05, 0) is 60.5 Å². The lowest BCUT2D eigenvalue weighted by molar-refractivity contribution is 0.340. The monoisotopic (exact) mass is 475 g/mol. The standard InChI is InChI=1S/C26H25N3O4S/c1-2-33-23-12-8-22(9-13-23)25-16-17-26(30)29(28-25)19-18-27-34(31,32)24-14-10-21(11-15-24)20-6-4-3-5-7-20/h3-17,27H,2,18-19H2,1H3. The molecule has 4 rings (SSSR count). The van der Waals surface area contributed by atoms with Crippen molar-refractivity contribution in [3.05, 3.63) is 101 Å². The van der Waals surface area contributed by atoms with Crippen LogP contribution in [0.3, 0.4) is 0 Å². The molecule has 0 aliphatic rings. The molecule has 7 nitrogen and oxygen atoms in total.